The first-order valence-corrected chi connectivity index (χ1v) is 8.25. The zero-order chi connectivity index (χ0) is 15.9. The van der Waals surface area contributed by atoms with E-state index in [4.69, 9.17) is 0 Å². The van der Waals surface area contributed by atoms with E-state index >= 15 is 0 Å². The number of likely N-dealkylation sites (tertiary alicyclic amines) is 1. The predicted molar refractivity (Wildman–Crippen MR) is 87.3 cm³/mol. The number of aryl methyl sites for hydroxylation is 1. The van der Waals surface area contributed by atoms with Crippen LogP contribution in [0.1, 0.15) is 25.3 Å². The summed E-state index contributed by atoms with van der Waals surface area (Å²) in [5.41, 5.74) is 1.56. The molecule has 1 saturated heterocycles. The SMILES string of the molecule is Cn1c(=O)sc2cc(CN3CCC(C)(C(=O)O)CC3)ccc21. The summed E-state index contributed by atoms with van der Waals surface area (Å²) in [4.78, 5) is 25.3. The minimum absolute atomic E-state index is 0.0577. The van der Waals surface area contributed by atoms with Gasteiger partial charge in [0, 0.05) is 13.6 Å². The van der Waals surface area contributed by atoms with Crippen molar-refractivity contribution in [2.75, 3.05) is 13.1 Å². The zero-order valence-corrected chi connectivity index (χ0v) is 13.7. The Morgan fingerprint density at radius 1 is 1.36 bits per heavy atom. The van der Waals surface area contributed by atoms with Crippen molar-refractivity contribution in [2.24, 2.45) is 12.5 Å². The largest absolute Gasteiger partial charge is 0.481 e. The predicted octanol–water partition coefficient (Wildman–Crippen LogP) is 2.29. The van der Waals surface area contributed by atoms with Gasteiger partial charge < -0.3 is 9.67 Å². The molecule has 0 aliphatic carbocycles. The topological polar surface area (TPSA) is 62.5 Å². The van der Waals surface area contributed by atoms with Crippen molar-refractivity contribution in [1.82, 2.24) is 9.47 Å². The Morgan fingerprint density at radius 2 is 2.05 bits per heavy atom. The van der Waals surface area contributed by atoms with Crippen LogP contribution in [0.15, 0.2) is 23.0 Å². The Hall–Kier alpha value is -1.66. The van der Waals surface area contributed by atoms with Crippen LogP contribution in [0.25, 0.3) is 10.2 Å². The molecule has 1 aliphatic heterocycles. The van der Waals surface area contributed by atoms with Gasteiger partial charge in [0.1, 0.15) is 0 Å². The van der Waals surface area contributed by atoms with E-state index in [0.29, 0.717) is 12.8 Å². The number of rotatable bonds is 3. The highest BCUT2D eigenvalue weighted by Gasteiger charge is 2.36. The minimum atomic E-state index is -0.692. The molecule has 0 radical (unpaired) electrons. The molecule has 0 saturated carbocycles. The van der Waals surface area contributed by atoms with Crippen LogP contribution in [0.4, 0.5) is 0 Å². The normalized spacial score (nSPS) is 18.6. The van der Waals surface area contributed by atoms with Gasteiger partial charge in [-0.15, -0.1) is 0 Å². The average molecular weight is 320 g/mol. The fraction of sp³-hybridized carbons (Fsp3) is 0.500. The van der Waals surface area contributed by atoms with E-state index in [2.05, 4.69) is 17.0 Å². The highest BCUT2D eigenvalue weighted by atomic mass is 32.1. The summed E-state index contributed by atoms with van der Waals surface area (Å²) >= 11 is 1.27. The monoisotopic (exact) mass is 320 g/mol. The van der Waals surface area contributed by atoms with Crippen molar-refractivity contribution in [3.63, 3.8) is 0 Å². The summed E-state index contributed by atoms with van der Waals surface area (Å²) in [5, 5.41) is 9.27. The minimum Gasteiger partial charge on any atom is -0.481 e. The molecule has 0 spiro atoms. The number of aliphatic carboxylic acids is 1. The number of benzene rings is 1. The van der Waals surface area contributed by atoms with E-state index in [1.54, 1.807) is 11.6 Å². The maximum Gasteiger partial charge on any atom is 0.309 e. The molecule has 22 heavy (non-hydrogen) atoms. The van der Waals surface area contributed by atoms with Gasteiger partial charge in [-0.25, -0.2) is 0 Å². The molecule has 3 rings (SSSR count). The third-order valence-electron chi connectivity index (χ3n) is 4.74. The van der Waals surface area contributed by atoms with Crippen LogP contribution in [0.2, 0.25) is 0 Å². The van der Waals surface area contributed by atoms with Crippen LogP contribution in [0.5, 0.6) is 0 Å². The maximum atomic E-state index is 11.7. The van der Waals surface area contributed by atoms with Crippen molar-refractivity contribution in [3.05, 3.63) is 33.4 Å². The Labute approximate surface area is 132 Å². The summed E-state index contributed by atoms with van der Waals surface area (Å²) in [7, 11) is 1.79. The molecule has 6 heteroatoms. The smallest absolute Gasteiger partial charge is 0.309 e. The summed E-state index contributed by atoms with van der Waals surface area (Å²) in [6.45, 7) is 4.24. The summed E-state index contributed by atoms with van der Waals surface area (Å²) in [6, 6.07) is 6.12. The van der Waals surface area contributed by atoms with Crippen molar-refractivity contribution in [3.8, 4) is 0 Å². The zero-order valence-electron chi connectivity index (χ0n) is 12.8. The maximum absolute atomic E-state index is 11.7. The van der Waals surface area contributed by atoms with Crippen molar-refractivity contribution >= 4 is 27.5 Å². The highest BCUT2D eigenvalue weighted by Crippen LogP contribution is 2.31. The number of fused-ring (bicyclic) bond motifs is 1. The third-order valence-corrected chi connectivity index (χ3v) is 5.73. The molecular weight excluding hydrogens is 300 g/mol. The molecule has 1 fully saturated rings. The fourth-order valence-electron chi connectivity index (χ4n) is 2.95. The fourth-order valence-corrected chi connectivity index (χ4v) is 3.90. The van der Waals surface area contributed by atoms with Gasteiger partial charge >= 0.3 is 10.8 Å². The quantitative estimate of drug-likeness (QED) is 0.942. The molecule has 118 valence electrons. The third kappa shape index (κ3) is 2.68. The van der Waals surface area contributed by atoms with E-state index in [0.717, 1.165) is 29.9 Å². The lowest BCUT2D eigenvalue weighted by Gasteiger charge is -2.36. The Bertz CT molecular complexity index is 769. The number of carboxylic acids is 1. The Morgan fingerprint density at radius 3 is 2.68 bits per heavy atom. The van der Waals surface area contributed by atoms with Gasteiger partial charge in [0.05, 0.1) is 15.6 Å². The molecule has 1 aromatic carbocycles. The lowest BCUT2D eigenvalue weighted by atomic mass is 9.80. The first kappa shape index (κ1) is 15.2. The molecular formula is C16H20N2O3S. The second-order valence-corrected chi connectivity index (χ2v) is 7.36. The molecule has 1 aliphatic rings. The van der Waals surface area contributed by atoms with E-state index in [1.807, 2.05) is 13.0 Å². The number of thiazole rings is 1. The van der Waals surface area contributed by atoms with E-state index in [-0.39, 0.29) is 4.87 Å². The summed E-state index contributed by atoms with van der Waals surface area (Å²) in [6.07, 6.45) is 1.37. The van der Waals surface area contributed by atoms with Crippen molar-refractivity contribution in [1.29, 1.82) is 0 Å². The van der Waals surface area contributed by atoms with Crippen molar-refractivity contribution < 1.29 is 9.90 Å². The van der Waals surface area contributed by atoms with Crippen molar-refractivity contribution in [2.45, 2.75) is 26.3 Å². The highest BCUT2D eigenvalue weighted by molar-refractivity contribution is 7.16. The number of piperidine rings is 1. The molecule has 0 amide bonds. The van der Waals surface area contributed by atoms with E-state index < -0.39 is 11.4 Å². The van der Waals surface area contributed by atoms with Gasteiger partial charge in [-0.3, -0.25) is 14.5 Å². The number of aromatic nitrogens is 1. The molecule has 0 bridgehead atoms. The van der Waals surface area contributed by atoms with Crippen LogP contribution in [0.3, 0.4) is 0 Å². The van der Waals surface area contributed by atoms with Crippen LogP contribution in [-0.4, -0.2) is 33.6 Å². The molecule has 2 aromatic rings. The standard InChI is InChI=1S/C16H20N2O3S/c1-16(14(19)20)5-7-18(8-6-16)10-11-3-4-12-13(9-11)22-15(21)17(12)2/h3-4,9H,5-8,10H2,1-2H3,(H,19,20). The van der Waals surface area contributed by atoms with E-state index in [1.165, 1.54) is 16.9 Å². The number of carbonyl (C=O) groups is 1. The second kappa shape index (κ2) is 5.52. The summed E-state index contributed by atoms with van der Waals surface area (Å²) in [5.74, 6) is -0.692. The number of carboxylic acid groups (broad SMARTS) is 1. The number of nitrogens with zero attached hydrogens (tertiary/aromatic N) is 2. The first-order valence-electron chi connectivity index (χ1n) is 7.43. The van der Waals surface area contributed by atoms with Crippen LogP contribution >= 0.6 is 11.3 Å². The molecule has 2 heterocycles. The average Bonchev–Trinajstić information content (AvgIpc) is 2.76. The molecule has 0 unspecified atom stereocenters. The van der Waals surface area contributed by atoms with Gasteiger partial charge in [-0.2, -0.15) is 0 Å². The van der Waals surface area contributed by atoms with Gasteiger partial charge in [0.25, 0.3) is 0 Å². The molecule has 1 N–H and O–H groups in total. The van der Waals surface area contributed by atoms with E-state index in [9.17, 15) is 14.7 Å². The Kier molecular flexibility index (Phi) is 3.82. The van der Waals surface area contributed by atoms with Gasteiger partial charge in [-0.05, 0) is 50.6 Å². The molecule has 5 nitrogen and oxygen atoms in total. The van der Waals surface area contributed by atoms with Gasteiger partial charge in [0.2, 0.25) is 0 Å². The van der Waals surface area contributed by atoms with Crippen LogP contribution < -0.4 is 4.87 Å². The lowest BCUT2D eigenvalue weighted by Crippen LogP contribution is -2.42. The molecule has 0 atom stereocenters. The Balaban J connectivity index is 1.72. The second-order valence-electron chi connectivity index (χ2n) is 6.37. The van der Waals surface area contributed by atoms with Crippen LogP contribution in [0, 0.1) is 5.41 Å². The van der Waals surface area contributed by atoms with Gasteiger partial charge in [0.15, 0.2) is 0 Å². The first-order chi connectivity index (χ1) is 10.4. The number of hydrogen-bond donors (Lipinski definition) is 1. The number of hydrogen-bond acceptors (Lipinski definition) is 4. The van der Waals surface area contributed by atoms with Gasteiger partial charge in [-0.1, -0.05) is 17.4 Å². The molecule has 1 aromatic heterocycles. The summed E-state index contributed by atoms with van der Waals surface area (Å²) < 4.78 is 2.68. The lowest BCUT2D eigenvalue weighted by molar-refractivity contribution is -0.150. The van der Waals surface area contributed by atoms with Crippen LogP contribution in [-0.2, 0) is 18.4 Å².